The normalized spacial score (nSPS) is 12.6. The third-order valence-electron chi connectivity index (χ3n) is 4.53. The van der Waals surface area contributed by atoms with Crippen molar-refractivity contribution in [1.29, 1.82) is 0 Å². The molecule has 1 atom stereocenters. The number of benzene rings is 2. The highest BCUT2D eigenvalue weighted by molar-refractivity contribution is 7.89. The predicted octanol–water partition coefficient (Wildman–Crippen LogP) is 3.47. The van der Waals surface area contributed by atoms with E-state index < -0.39 is 10.0 Å². The van der Waals surface area contributed by atoms with Gasteiger partial charge in [0.1, 0.15) is 0 Å². The average molecular weight is 389 g/mol. The van der Waals surface area contributed by atoms with Gasteiger partial charge in [-0.15, -0.1) is 0 Å². The van der Waals surface area contributed by atoms with Crippen LogP contribution in [0, 0.1) is 0 Å². The number of aryl methyl sites for hydroxylation is 1. The number of nitrogens with zero attached hydrogens (tertiary/aromatic N) is 1. The van der Waals surface area contributed by atoms with Crippen molar-refractivity contribution in [2.45, 2.75) is 44.0 Å². The summed E-state index contributed by atoms with van der Waals surface area (Å²) in [5, 5.41) is 0. The van der Waals surface area contributed by atoms with Crippen molar-refractivity contribution in [1.82, 2.24) is 9.62 Å². The van der Waals surface area contributed by atoms with Gasteiger partial charge in [0, 0.05) is 25.2 Å². The lowest BCUT2D eigenvalue weighted by Gasteiger charge is -2.17. The quantitative estimate of drug-likeness (QED) is 0.715. The Morgan fingerprint density at radius 2 is 1.70 bits per heavy atom. The Hall–Kier alpha value is -2.18. The van der Waals surface area contributed by atoms with Crippen LogP contribution >= 0.6 is 0 Å². The van der Waals surface area contributed by atoms with Crippen molar-refractivity contribution in [2.24, 2.45) is 0 Å². The van der Waals surface area contributed by atoms with Gasteiger partial charge in [0.05, 0.1) is 4.90 Å². The minimum absolute atomic E-state index is 0.109. The second-order valence-corrected chi connectivity index (χ2v) is 8.48. The van der Waals surface area contributed by atoms with Crippen LogP contribution in [0.15, 0.2) is 59.5 Å². The van der Waals surface area contributed by atoms with Crippen LogP contribution in [-0.2, 0) is 16.4 Å². The molecule has 0 aromatic heterocycles. The van der Waals surface area contributed by atoms with E-state index in [1.165, 1.54) is 17.7 Å². The van der Waals surface area contributed by atoms with Crippen LogP contribution in [-0.4, -0.2) is 38.9 Å². The van der Waals surface area contributed by atoms with E-state index in [4.69, 9.17) is 0 Å². The summed E-state index contributed by atoms with van der Waals surface area (Å²) >= 11 is 0. The molecule has 0 radical (unpaired) electrons. The molecule has 1 amide bonds. The molecule has 6 heteroatoms. The number of rotatable bonds is 9. The van der Waals surface area contributed by atoms with Gasteiger partial charge in [0.2, 0.25) is 10.0 Å². The van der Waals surface area contributed by atoms with Crippen molar-refractivity contribution >= 4 is 15.9 Å². The molecule has 0 spiro atoms. The van der Waals surface area contributed by atoms with Gasteiger partial charge >= 0.3 is 0 Å². The molecule has 1 unspecified atom stereocenters. The monoisotopic (exact) mass is 388 g/mol. The van der Waals surface area contributed by atoms with Gasteiger partial charge < -0.3 is 4.90 Å². The van der Waals surface area contributed by atoms with Crippen molar-refractivity contribution in [2.75, 3.05) is 13.6 Å². The maximum atomic E-state index is 12.5. The summed E-state index contributed by atoms with van der Waals surface area (Å²) in [5.74, 6) is -0.109. The van der Waals surface area contributed by atoms with Crippen molar-refractivity contribution in [3.8, 4) is 0 Å². The summed E-state index contributed by atoms with van der Waals surface area (Å²) in [7, 11) is -1.79. The van der Waals surface area contributed by atoms with E-state index in [1.807, 2.05) is 32.0 Å². The SMILES string of the molecule is CCC(C)NS(=O)(=O)c1ccc(C(=O)N(C)CCCc2ccccc2)cc1. The Morgan fingerprint density at radius 1 is 1.07 bits per heavy atom. The Kier molecular flexibility index (Phi) is 7.56. The zero-order chi connectivity index (χ0) is 19.9. The number of hydrogen-bond acceptors (Lipinski definition) is 3. The summed E-state index contributed by atoms with van der Waals surface area (Å²) in [4.78, 5) is 14.4. The number of carbonyl (C=O) groups excluding carboxylic acids is 1. The fourth-order valence-corrected chi connectivity index (χ4v) is 4.01. The highest BCUT2D eigenvalue weighted by atomic mass is 32.2. The molecule has 0 fully saturated rings. The van der Waals surface area contributed by atoms with Crippen LogP contribution in [0.5, 0.6) is 0 Å². The molecule has 2 rings (SSSR count). The van der Waals surface area contributed by atoms with E-state index in [0.717, 1.165) is 12.8 Å². The average Bonchev–Trinajstić information content (AvgIpc) is 2.67. The van der Waals surface area contributed by atoms with E-state index in [-0.39, 0.29) is 16.8 Å². The summed E-state index contributed by atoms with van der Waals surface area (Å²) < 4.78 is 27.2. The molecule has 5 nitrogen and oxygen atoms in total. The maximum Gasteiger partial charge on any atom is 0.253 e. The highest BCUT2D eigenvalue weighted by Crippen LogP contribution is 2.13. The summed E-state index contributed by atoms with van der Waals surface area (Å²) in [6.45, 7) is 4.38. The van der Waals surface area contributed by atoms with E-state index in [2.05, 4.69) is 16.9 Å². The summed E-state index contributed by atoms with van der Waals surface area (Å²) in [6, 6.07) is 16.1. The van der Waals surface area contributed by atoms with Crippen LogP contribution in [0.3, 0.4) is 0 Å². The van der Waals surface area contributed by atoms with Crippen molar-refractivity contribution < 1.29 is 13.2 Å². The second kappa shape index (κ2) is 9.67. The first-order chi connectivity index (χ1) is 12.8. The zero-order valence-corrected chi connectivity index (χ0v) is 17.0. The molecule has 0 aliphatic rings. The molecule has 0 saturated heterocycles. The zero-order valence-electron chi connectivity index (χ0n) is 16.2. The molecule has 1 N–H and O–H groups in total. The Balaban J connectivity index is 1.94. The second-order valence-electron chi connectivity index (χ2n) is 6.77. The van der Waals surface area contributed by atoms with Gasteiger partial charge in [0.15, 0.2) is 0 Å². The van der Waals surface area contributed by atoms with Crippen LogP contribution in [0.2, 0.25) is 0 Å². The first-order valence-electron chi connectivity index (χ1n) is 9.25. The molecule has 146 valence electrons. The molecule has 0 aliphatic heterocycles. The van der Waals surface area contributed by atoms with Gasteiger partial charge in [-0.1, -0.05) is 37.3 Å². The number of sulfonamides is 1. The van der Waals surface area contributed by atoms with E-state index in [9.17, 15) is 13.2 Å². The molecule has 0 aliphatic carbocycles. The first-order valence-corrected chi connectivity index (χ1v) is 10.7. The van der Waals surface area contributed by atoms with Crippen molar-refractivity contribution in [3.63, 3.8) is 0 Å². The van der Waals surface area contributed by atoms with Crippen LogP contribution < -0.4 is 4.72 Å². The van der Waals surface area contributed by atoms with Gasteiger partial charge in [-0.25, -0.2) is 13.1 Å². The number of hydrogen-bond donors (Lipinski definition) is 1. The lowest BCUT2D eigenvalue weighted by Crippen LogP contribution is -2.32. The Morgan fingerprint density at radius 3 is 2.30 bits per heavy atom. The maximum absolute atomic E-state index is 12.5. The lowest BCUT2D eigenvalue weighted by atomic mass is 10.1. The van der Waals surface area contributed by atoms with Crippen LogP contribution in [0.1, 0.15) is 42.6 Å². The minimum Gasteiger partial charge on any atom is -0.342 e. The highest BCUT2D eigenvalue weighted by Gasteiger charge is 2.18. The number of nitrogens with one attached hydrogen (secondary N) is 1. The summed E-state index contributed by atoms with van der Waals surface area (Å²) in [6.07, 6.45) is 2.50. The molecule has 2 aromatic rings. The fraction of sp³-hybridized carbons (Fsp3) is 0.381. The third kappa shape index (κ3) is 6.19. The third-order valence-corrected chi connectivity index (χ3v) is 6.13. The topological polar surface area (TPSA) is 66.5 Å². The lowest BCUT2D eigenvalue weighted by molar-refractivity contribution is 0.0793. The first kappa shape index (κ1) is 21.1. The van der Waals surface area contributed by atoms with Gasteiger partial charge in [-0.2, -0.15) is 0 Å². The fourth-order valence-electron chi connectivity index (χ4n) is 2.68. The Bertz CT molecular complexity index is 833. The van der Waals surface area contributed by atoms with E-state index in [1.54, 1.807) is 24.1 Å². The van der Waals surface area contributed by atoms with E-state index in [0.29, 0.717) is 18.5 Å². The van der Waals surface area contributed by atoms with Gasteiger partial charge in [-0.3, -0.25) is 4.79 Å². The molecule has 0 heterocycles. The summed E-state index contributed by atoms with van der Waals surface area (Å²) in [5.41, 5.74) is 1.74. The molecule has 27 heavy (non-hydrogen) atoms. The molecule has 0 saturated carbocycles. The number of amides is 1. The van der Waals surface area contributed by atoms with Crippen molar-refractivity contribution in [3.05, 3.63) is 65.7 Å². The smallest absolute Gasteiger partial charge is 0.253 e. The molecule has 0 bridgehead atoms. The molecular weight excluding hydrogens is 360 g/mol. The van der Waals surface area contributed by atoms with Gasteiger partial charge in [-0.05, 0) is 56.0 Å². The van der Waals surface area contributed by atoms with E-state index >= 15 is 0 Å². The largest absolute Gasteiger partial charge is 0.342 e. The standard InChI is InChI=1S/C21H28N2O3S/c1-4-17(2)22-27(25,26)20-14-12-19(13-15-20)21(24)23(3)16-8-11-18-9-6-5-7-10-18/h5-7,9-10,12-15,17,22H,4,8,11,16H2,1-3H3. The minimum atomic E-state index is -3.55. The van der Waals surface area contributed by atoms with Crippen LogP contribution in [0.25, 0.3) is 0 Å². The Labute approximate surface area is 162 Å². The molecular formula is C21H28N2O3S. The van der Waals surface area contributed by atoms with Gasteiger partial charge in [0.25, 0.3) is 5.91 Å². The number of carbonyl (C=O) groups is 1. The molecule has 2 aromatic carbocycles. The van der Waals surface area contributed by atoms with Crippen LogP contribution in [0.4, 0.5) is 0 Å². The predicted molar refractivity (Wildman–Crippen MR) is 108 cm³/mol.